The first-order chi connectivity index (χ1) is 15.3. The van der Waals surface area contributed by atoms with Gasteiger partial charge in [0.15, 0.2) is 5.11 Å². The van der Waals surface area contributed by atoms with Gasteiger partial charge in [-0.25, -0.2) is 0 Å². The van der Waals surface area contributed by atoms with E-state index in [2.05, 4.69) is 31.3 Å². The Labute approximate surface area is 194 Å². The Balaban J connectivity index is 1.63. The second-order valence-corrected chi connectivity index (χ2v) is 9.55. The molecule has 2 aromatic rings. The van der Waals surface area contributed by atoms with Crippen molar-refractivity contribution in [2.24, 2.45) is 5.92 Å². The van der Waals surface area contributed by atoms with Gasteiger partial charge in [0.1, 0.15) is 6.10 Å². The second kappa shape index (κ2) is 9.17. The summed E-state index contributed by atoms with van der Waals surface area (Å²) in [6.45, 7) is 4.76. The third-order valence-electron chi connectivity index (χ3n) is 6.64. The molecule has 32 heavy (non-hydrogen) atoms. The van der Waals surface area contributed by atoms with Gasteiger partial charge in [-0.3, -0.25) is 4.79 Å². The minimum atomic E-state index is -0.999. The van der Waals surface area contributed by atoms with Crippen molar-refractivity contribution >= 4 is 28.9 Å². The molecule has 1 aliphatic heterocycles. The Kier molecular flexibility index (Phi) is 6.51. The third-order valence-corrected chi connectivity index (χ3v) is 6.95. The van der Waals surface area contributed by atoms with Crippen molar-refractivity contribution in [3.8, 4) is 0 Å². The summed E-state index contributed by atoms with van der Waals surface area (Å²) < 4.78 is 0. The topological polar surface area (TPSA) is 76.0 Å². The number of amides is 1. The average Bonchev–Trinajstić information content (AvgIpc) is 3.13. The zero-order valence-corrected chi connectivity index (χ0v) is 19.5. The number of nitrogens with one attached hydrogen (secondary N) is 1. The van der Waals surface area contributed by atoms with Crippen molar-refractivity contribution in [1.29, 1.82) is 0 Å². The van der Waals surface area contributed by atoms with Gasteiger partial charge in [0.25, 0.3) is 0 Å². The highest BCUT2D eigenvalue weighted by atomic mass is 32.1. The summed E-state index contributed by atoms with van der Waals surface area (Å²) in [5, 5.41) is 24.9. The van der Waals surface area contributed by atoms with Crippen molar-refractivity contribution in [2.45, 2.75) is 57.0 Å². The monoisotopic (exact) mass is 453 g/mol. The van der Waals surface area contributed by atoms with Crippen molar-refractivity contribution in [2.75, 3.05) is 11.9 Å². The number of hydrogen-bond donors (Lipinski definition) is 3. The molecule has 4 rings (SSSR count). The van der Waals surface area contributed by atoms with Gasteiger partial charge in [-0.1, -0.05) is 56.3 Å². The number of anilines is 1. The summed E-state index contributed by atoms with van der Waals surface area (Å²) in [5.74, 6) is -0.164. The van der Waals surface area contributed by atoms with Gasteiger partial charge in [0, 0.05) is 19.3 Å². The van der Waals surface area contributed by atoms with E-state index in [4.69, 9.17) is 12.2 Å². The van der Waals surface area contributed by atoms with E-state index in [1.807, 2.05) is 47.4 Å². The molecule has 1 amide bonds. The molecule has 0 radical (unpaired) electrons. The smallest absolute Gasteiger partial charge is 0.228 e. The molecule has 3 N–H and O–H groups in total. The van der Waals surface area contributed by atoms with Gasteiger partial charge in [-0.2, -0.15) is 0 Å². The predicted octanol–water partition coefficient (Wildman–Crippen LogP) is 2.64. The van der Waals surface area contributed by atoms with E-state index in [-0.39, 0.29) is 18.4 Å². The number of hydrogen-bond acceptors (Lipinski definition) is 4. The van der Waals surface area contributed by atoms with Crippen LogP contribution < -0.4 is 10.2 Å². The molecule has 0 aromatic heterocycles. The van der Waals surface area contributed by atoms with Crippen LogP contribution in [0.25, 0.3) is 0 Å². The lowest BCUT2D eigenvalue weighted by Gasteiger charge is -2.42. The van der Waals surface area contributed by atoms with Crippen LogP contribution in [0.1, 0.15) is 37.3 Å². The summed E-state index contributed by atoms with van der Waals surface area (Å²) in [6.07, 6.45) is -1.80. The number of carbonyl (C=O) groups excluding carboxylic acids is 1. The SMILES string of the molecule is CC(C)c1ccc(N2C(=S)NC3C(O)C(O)CC(C(=O)N(C)Cc4ccccc4)C32)cc1. The molecule has 6 nitrogen and oxygen atoms in total. The zero-order chi connectivity index (χ0) is 23.0. The Morgan fingerprint density at radius 1 is 1.16 bits per heavy atom. The Morgan fingerprint density at radius 3 is 2.44 bits per heavy atom. The highest BCUT2D eigenvalue weighted by Crippen LogP contribution is 2.37. The molecule has 2 aliphatic rings. The van der Waals surface area contributed by atoms with Crippen LogP contribution >= 0.6 is 12.2 Å². The largest absolute Gasteiger partial charge is 0.390 e. The van der Waals surface area contributed by atoms with Crippen LogP contribution in [-0.4, -0.2) is 57.5 Å². The fourth-order valence-corrected chi connectivity index (χ4v) is 5.23. The molecular formula is C25H31N3O3S. The Bertz CT molecular complexity index is 966. The van der Waals surface area contributed by atoms with E-state index in [1.54, 1.807) is 11.9 Å². The third kappa shape index (κ3) is 4.25. The summed E-state index contributed by atoms with van der Waals surface area (Å²) in [5.41, 5.74) is 3.14. The Morgan fingerprint density at radius 2 is 1.81 bits per heavy atom. The van der Waals surface area contributed by atoms with E-state index in [0.29, 0.717) is 17.6 Å². The van der Waals surface area contributed by atoms with E-state index < -0.39 is 24.2 Å². The number of thiocarbonyl (C=S) groups is 1. The van der Waals surface area contributed by atoms with Crippen LogP contribution in [0, 0.1) is 5.92 Å². The van der Waals surface area contributed by atoms with Gasteiger partial charge in [0.05, 0.1) is 24.1 Å². The van der Waals surface area contributed by atoms with Crippen LogP contribution in [0.2, 0.25) is 0 Å². The molecule has 1 saturated heterocycles. The van der Waals surface area contributed by atoms with Crippen LogP contribution in [-0.2, 0) is 11.3 Å². The first-order valence-electron chi connectivity index (χ1n) is 11.1. The molecule has 0 bridgehead atoms. The number of aliphatic hydroxyl groups excluding tert-OH is 2. The normalized spacial score (nSPS) is 27.2. The van der Waals surface area contributed by atoms with Crippen LogP contribution in [0.5, 0.6) is 0 Å². The summed E-state index contributed by atoms with van der Waals surface area (Å²) in [7, 11) is 1.78. The zero-order valence-electron chi connectivity index (χ0n) is 18.7. The maximum Gasteiger partial charge on any atom is 0.228 e. The number of rotatable bonds is 5. The fraction of sp³-hybridized carbons (Fsp3) is 0.440. The number of nitrogens with zero attached hydrogens (tertiary/aromatic N) is 2. The summed E-state index contributed by atoms with van der Waals surface area (Å²) in [6, 6.07) is 17.1. The van der Waals surface area contributed by atoms with E-state index in [9.17, 15) is 15.0 Å². The lowest BCUT2D eigenvalue weighted by molar-refractivity contribution is -0.141. The number of benzene rings is 2. The molecular weight excluding hydrogens is 422 g/mol. The van der Waals surface area contributed by atoms with E-state index in [1.165, 1.54) is 5.56 Å². The highest BCUT2D eigenvalue weighted by molar-refractivity contribution is 7.80. The van der Waals surface area contributed by atoms with Gasteiger partial charge in [0.2, 0.25) is 5.91 Å². The van der Waals surface area contributed by atoms with Crippen molar-refractivity contribution < 1.29 is 15.0 Å². The van der Waals surface area contributed by atoms with Gasteiger partial charge in [-0.05, 0) is 47.8 Å². The standard InChI is InChI=1S/C25H31N3O3S/c1-15(2)17-9-11-18(12-10-17)28-22-19(13-20(29)23(30)21(22)26-25(28)32)24(31)27(3)14-16-7-5-4-6-8-16/h4-12,15,19-23,29-30H,13-14H2,1-3H3,(H,26,32). The van der Waals surface area contributed by atoms with Crippen molar-refractivity contribution in [3.05, 3.63) is 65.7 Å². The first-order valence-corrected chi connectivity index (χ1v) is 11.5. The first kappa shape index (κ1) is 22.7. The van der Waals surface area contributed by atoms with Gasteiger partial charge in [-0.15, -0.1) is 0 Å². The van der Waals surface area contributed by atoms with Crippen molar-refractivity contribution in [3.63, 3.8) is 0 Å². The second-order valence-electron chi connectivity index (χ2n) is 9.16. The average molecular weight is 454 g/mol. The molecule has 1 heterocycles. The predicted molar refractivity (Wildman–Crippen MR) is 129 cm³/mol. The molecule has 1 saturated carbocycles. The lowest BCUT2D eigenvalue weighted by atomic mass is 9.77. The summed E-state index contributed by atoms with van der Waals surface area (Å²) >= 11 is 5.62. The maximum atomic E-state index is 13.6. The number of carbonyl (C=O) groups is 1. The van der Waals surface area contributed by atoms with Crippen LogP contribution in [0.3, 0.4) is 0 Å². The lowest BCUT2D eigenvalue weighted by Crippen LogP contribution is -2.61. The minimum Gasteiger partial charge on any atom is -0.390 e. The number of aliphatic hydroxyl groups is 2. The van der Waals surface area contributed by atoms with Crippen LogP contribution in [0.4, 0.5) is 5.69 Å². The number of fused-ring (bicyclic) bond motifs is 1. The molecule has 0 spiro atoms. The van der Waals surface area contributed by atoms with Gasteiger partial charge >= 0.3 is 0 Å². The Hall–Kier alpha value is -2.48. The highest BCUT2D eigenvalue weighted by Gasteiger charge is 2.54. The molecule has 1 aliphatic carbocycles. The summed E-state index contributed by atoms with van der Waals surface area (Å²) in [4.78, 5) is 17.2. The molecule has 5 atom stereocenters. The van der Waals surface area contributed by atoms with Crippen molar-refractivity contribution in [1.82, 2.24) is 10.2 Å². The van der Waals surface area contributed by atoms with Crippen LogP contribution in [0.15, 0.2) is 54.6 Å². The van der Waals surface area contributed by atoms with Gasteiger partial charge < -0.3 is 25.3 Å². The quantitative estimate of drug-likeness (QED) is 0.605. The molecule has 2 aromatic carbocycles. The van der Waals surface area contributed by atoms with E-state index >= 15 is 0 Å². The minimum absolute atomic E-state index is 0.0647. The fourth-order valence-electron chi connectivity index (χ4n) is 4.86. The molecule has 5 unspecified atom stereocenters. The van der Waals surface area contributed by atoms with E-state index in [0.717, 1.165) is 11.3 Å². The molecule has 170 valence electrons. The molecule has 7 heteroatoms. The maximum absolute atomic E-state index is 13.6. The molecule has 2 fully saturated rings.